The molecule has 0 saturated carbocycles. The summed E-state index contributed by atoms with van der Waals surface area (Å²) in [6.07, 6.45) is 0. The molecule has 0 spiro atoms. The molecule has 1 aromatic rings. The molecule has 0 N–H and O–H groups in total. The highest BCUT2D eigenvalue weighted by Crippen LogP contribution is 2.48. The maximum Gasteiger partial charge on any atom is 0.529 e. The van der Waals surface area contributed by atoms with Gasteiger partial charge < -0.3 is 4.52 Å². The molecule has 0 amide bonds. The second-order valence-corrected chi connectivity index (χ2v) is 5.14. The van der Waals surface area contributed by atoms with Crippen molar-refractivity contribution in [1.29, 1.82) is 0 Å². The zero-order chi connectivity index (χ0) is 12.0. The minimum Gasteiger partial charge on any atom is -0.404 e. The zero-order valence-corrected chi connectivity index (χ0v) is 10.8. The molecule has 1 unspecified atom stereocenters. The molecule has 4 nitrogen and oxygen atoms in total. The predicted octanol–water partition coefficient (Wildman–Crippen LogP) is 3.38. The highest BCUT2D eigenvalue weighted by molar-refractivity contribution is 7.48. The van der Waals surface area contributed by atoms with Gasteiger partial charge in [-0.2, -0.15) is 0 Å². The lowest BCUT2D eigenvalue weighted by Crippen LogP contribution is -2.02. The highest BCUT2D eigenvalue weighted by Gasteiger charge is 2.26. The molecule has 0 saturated heterocycles. The molecule has 0 aliphatic carbocycles. The summed E-state index contributed by atoms with van der Waals surface area (Å²) in [7, 11) is -2.27. The Kier molecular flexibility index (Phi) is 5.29. The van der Waals surface area contributed by atoms with Crippen LogP contribution in [0, 0.1) is 6.92 Å². The number of benzene rings is 1. The summed E-state index contributed by atoms with van der Waals surface area (Å²) in [5.41, 5.74) is 0.998. The largest absolute Gasteiger partial charge is 0.529 e. The molecule has 0 aliphatic rings. The second kappa shape index (κ2) is 6.26. The van der Waals surface area contributed by atoms with Gasteiger partial charge in [0.2, 0.25) is 0 Å². The lowest BCUT2D eigenvalue weighted by molar-refractivity contribution is 0.188. The van der Waals surface area contributed by atoms with E-state index in [9.17, 15) is 4.57 Å². The van der Waals surface area contributed by atoms with Crippen LogP contribution in [-0.2, 0) is 13.6 Å². The Bertz CT molecular complexity index is 383. The van der Waals surface area contributed by atoms with E-state index in [0.717, 1.165) is 5.56 Å². The van der Waals surface area contributed by atoms with Crippen molar-refractivity contribution in [2.75, 3.05) is 19.6 Å². The first-order valence-electron chi connectivity index (χ1n) is 4.72. The van der Waals surface area contributed by atoms with Gasteiger partial charge in [-0.3, -0.25) is 9.05 Å². The topological polar surface area (TPSA) is 44.8 Å². The average molecular weight is 265 g/mol. The van der Waals surface area contributed by atoms with Crippen LogP contribution in [0.2, 0.25) is 0 Å². The van der Waals surface area contributed by atoms with Gasteiger partial charge in [0.1, 0.15) is 5.75 Å². The zero-order valence-electron chi connectivity index (χ0n) is 9.18. The Hall–Kier alpha value is -0.540. The fourth-order valence-electron chi connectivity index (χ4n) is 1.06. The quantitative estimate of drug-likeness (QED) is 0.584. The third kappa shape index (κ3) is 4.14. The maximum atomic E-state index is 11.9. The smallest absolute Gasteiger partial charge is 0.404 e. The third-order valence-corrected chi connectivity index (χ3v) is 3.29. The summed E-state index contributed by atoms with van der Waals surface area (Å²) in [6.45, 7) is 2.02. The standard InChI is InChI=1S/C10H14ClO4P/c1-9-4-3-5-10(8-9)15-16(12,13-2)14-7-6-11/h3-5,8H,6-7H2,1-2H3. The summed E-state index contributed by atoms with van der Waals surface area (Å²) in [5.74, 6) is 0.671. The second-order valence-electron chi connectivity index (χ2n) is 3.06. The van der Waals surface area contributed by atoms with E-state index in [1.807, 2.05) is 13.0 Å². The lowest BCUT2D eigenvalue weighted by Gasteiger charge is -2.16. The van der Waals surface area contributed by atoms with Crippen LogP contribution in [0.15, 0.2) is 24.3 Å². The normalized spacial score (nSPS) is 14.4. The number of alkyl halides is 1. The van der Waals surface area contributed by atoms with Crippen molar-refractivity contribution < 1.29 is 18.1 Å². The lowest BCUT2D eigenvalue weighted by atomic mass is 10.2. The maximum absolute atomic E-state index is 11.9. The number of aryl methyl sites for hydroxylation is 1. The summed E-state index contributed by atoms with van der Waals surface area (Å²) in [5, 5.41) is 0. The van der Waals surface area contributed by atoms with Crippen LogP contribution in [0.5, 0.6) is 5.75 Å². The molecular weight excluding hydrogens is 251 g/mol. The molecule has 0 aromatic heterocycles. The average Bonchev–Trinajstić information content (AvgIpc) is 2.26. The fourth-order valence-corrected chi connectivity index (χ4v) is 2.17. The molecule has 16 heavy (non-hydrogen) atoms. The number of rotatable bonds is 6. The summed E-state index contributed by atoms with van der Waals surface area (Å²) >= 11 is 5.44. The van der Waals surface area contributed by atoms with Crippen LogP contribution >= 0.6 is 19.4 Å². The van der Waals surface area contributed by atoms with Gasteiger partial charge in [0, 0.05) is 13.0 Å². The number of hydrogen-bond acceptors (Lipinski definition) is 4. The van der Waals surface area contributed by atoms with Crippen molar-refractivity contribution in [3.63, 3.8) is 0 Å². The first kappa shape index (κ1) is 13.5. The van der Waals surface area contributed by atoms with E-state index in [0.29, 0.717) is 5.75 Å². The van der Waals surface area contributed by atoms with Crippen LogP contribution in [0.3, 0.4) is 0 Å². The van der Waals surface area contributed by atoms with Crippen LogP contribution in [0.1, 0.15) is 5.56 Å². The van der Waals surface area contributed by atoms with Crippen LogP contribution in [0.4, 0.5) is 0 Å². The summed E-state index contributed by atoms with van der Waals surface area (Å²) in [4.78, 5) is 0. The Morgan fingerprint density at radius 3 is 2.75 bits per heavy atom. The molecule has 0 heterocycles. The monoisotopic (exact) mass is 264 g/mol. The molecule has 6 heteroatoms. The van der Waals surface area contributed by atoms with Crippen LogP contribution in [0.25, 0.3) is 0 Å². The van der Waals surface area contributed by atoms with E-state index in [4.69, 9.17) is 25.2 Å². The van der Waals surface area contributed by atoms with E-state index >= 15 is 0 Å². The number of hydrogen-bond donors (Lipinski definition) is 0. The Morgan fingerprint density at radius 2 is 2.19 bits per heavy atom. The van der Waals surface area contributed by atoms with E-state index in [1.165, 1.54) is 7.11 Å². The molecule has 90 valence electrons. The Balaban J connectivity index is 2.73. The molecular formula is C10H14ClO4P. The van der Waals surface area contributed by atoms with E-state index < -0.39 is 7.82 Å². The predicted molar refractivity (Wildman–Crippen MR) is 63.1 cm³/mol. The van der Waals surface area contributed by atoms with Gasteiger partial charge in [-0.25, -0.2) is 4.57 Å². The minimum absolute atomic E-state index is 0.110. The van der Waals surface area contributed by atoms with Crippen molar-refractivity contribution in [2.45, 2.75) is 6.92 Å². The molecule has 0 fully saturated rings. The molecule has 0 radical (unpaired) electrons. The highest BCUT2D eigenvalue weighted by atomic mass is 35.5. The van der Waals surface area contributed by atoms with Gasteiger partial charge in [0.05, 0.1) is 6.61 Å². The van der Waals surface area contributed by atoms with Crippen molar-refractivity contribution in [3.05, 3.63) is 29.8 Å². The number of phosphoric ester groups is 1. The van der Waals surface area contributed by atoms with Gasteiger partial charge in [-0.15, -0.1) is 11.6 Å². The van der Waals surface area contributed by atoms with Crippen molar-refractivity contribution >= 4 is 19.4 Å². The van der Waals surface area contributed by atoms with Crippen LogP contribution in [-0.4, -0.2) is 19.6 Å². The van der Waals surface area contributed by atoms with Gasteiger partial charge >= 0.3 is 7.82 Å². The fraction of sp³-hybridized carbons (Fsp3) is 0.400. The van der Waals surface area contributed by atoms with E-state index in [2.05, 4.69) is 0 Å². The van der Waals surface area contributed by atoms with Crippen molar-refractivity contribution in [1.82, 2.24) is 0 Å². The van der Waals surface area contributed by atoms with Gasteiger partial charge in [-0.1, -0.05) is 12.1 Å². The molecule has 1 atom stereocenters. The SMILES string of the molecule is COP(=O)(OCCCl)Oc1cccc(C)c1. The first-order valence-corrected chi connectivity index (χ1v) is 6.72. The Morgan fingerprint density at radius 1 is 1.44 bits per heavy atom. The molecule has 1 rings (SSSR count). The van der Waals surface area contributed by atoms with Crippen molar-refractivity contribution in [3.8, 4) is 5.75 Å². The number of halogens is 1. The number of phosphoric acid groups is 1. The summed E-state index contributed by atoms with van der Waals surface area (Å²) < 4.78 is 26.8. The molecule has 0 bridgehead atoms. The van der Waals surface area contributed by atoms with Gasteiger partial charge in [0.15, 0.2) is 0 Å². The van der Waals surface area contributed by atoms with Gasteiger partial charge in [-0.05, 0) is 24.6 Å². The molecule has 1 aromatic carbocycles. The first-order chi connectivity index (χ1) is 7.59. The summed E-state index contributed by atoms with van der Waals surface area (Å²) in [6, 6.07) is 7.13. The van der Waals surface area contributed by atoms with Crippen LogP contribution < -0.4 is 4.52 Å². The van der Waals surface area contributed by atoms with E-state index in [-0.39, 0.29) is 12.5 Å². The third-order valence-electron chi connectivity index (χ3n) is 1.76. The molecule has 0 aliphatic heterocycles. The van der Waals surface area contributed by atoms with E-state index in [1.54, 1.807) is 18.2 Å². The van der Waals surface area contributed by atoms with Gasteiger partial charge in [0.25, 0.3) is 0 Å². The van der Waals surface area contributed by atoms with Crippen molar-refractivity contribution in [2.24, 2.45) is 0 Å². The Labute approximate surface area is 100 Å². The minimum atomic E-state index is -3.54.